The van der Waals surface area contributed by atoms with Gasteiger partial charge in [-0.15, -0.1) is 12.4 Å². The number of nitrogen functional groups attached to an aromatic ring is 1. The van der Waals surface area contributed by atoms with E-state index in [2.05, 4.69) is 29.6 Å². The molecular weight excluding hydrogens is 320 g/mol. The molecule has 24 heavy (non-hydrogen) atoms. The molecule has 0 heterocycles. The Kier molecular flexibility index (Phi) is 4.55. The van der Waals surface area contributed by atoms with Crippen LogP contribution in [-0.2, 0) is 16.6 Å². The molecule has 0 bridgehead atoms. The highest BCUT2D eigenvalue weighted by atomic mass is 35.5. The van der Waals surface area contributed by atoms with Crippen molar-refractivity contribution in [3.05, 3.63) is 65.2 Å². The van der Waals surface area contributed by atoms with Crippen LogP contribution < -0.4 is 11.1 Å². The number of hydrogen-bond donors (Lipinski definition) is 2. The second-order valence-electron chi connectivity index (χ2n) is 6.82. The summed E-state index contributed by atoms with van der Waals surface area (Å²) in [4.78, 5) is 12.9. The van der Waals surface area contributed by atoms with Gasteiger partial charge in [0.2, 0.25) is 5.91 Å². The number of nitrogens with one attached hydrogen (secondary N) is 1. The lowest BCUT2D eigenvalue weighted by Crippen LogP contribution is -2.38. The Morgan fingerprint density at radius 2 is 1.88 bits per heavy atom. The molecule has 0 aliphatic heterocycles. The zero-order valence-electron chi connectivity index (χ0n) is 13.6. The van der Waals surface area contributed by atoms with E-state index < -0.39 is 0 Å². The lowest BCUT2D eigenvalue weighted by Gasteiger charge is -2.28. The normalized spacial score (nSPS) is 20.4. The molecule has 4 heteroatoms. The highest BCUT2D eigenvalue weighted by Gasteiger charge is 2.51. The molecule has 3 N–H and O–H groups in total. The van der Waals surface area contributed by atoms with E-state index in [0.29, 0.717) is 0 Å². The molecular formula is C20H23ClN2O. The van der Waals surface area contributed by atoms with Crippen LogP contribution in [0.5, 0.6) is 0 Å². The predicted molar refractivity (Wildman–Crippen MR) is 99.3 cm³/mol. The van der Waals surface area contributed by atoms with Crippen LogP contribution in [0.4, 0.5) is 5.69 Å². The van der Waals surface area contributed by atoms with Gasteiger partial charge in [-0.2, -0.15) is 0 Å². The first-order chi connectivity index (χ1) is 11.2. The topological polar surface area (TPSA) is 55.1 Å². The van der Waals surface area contributed by atoms with Crippen LogP contribution in [-0.4, -0.2) is 5.91 Å². The summed E-state index contributed by atoms with van der Waals surface area (Å²) in [5.74, 6) is 0.179. The van der Waals surface area contributed by atoms with Gasteiger partial charge in [0.25, 0.3) is 0 Å². The fourth-order valence-corrected chi connectivity index (χ4v) is 3.81. The van der Waals surface area contributed by atoms with Crippen LogP contribution in [0.25, 0.3) is 0 Å². The van der Waals surface area contributed by atoms with Crippen LogP contribution in [0.3, 0.4) is 0 Å². The maximum absolute atomic E-state index is 12.9. The van der Waals surface area contributed by atoms with Gasteiger partial charge in [-0.25, -0.2) is 0 Å². The van der Waals surface area contributed by atoms with Crippen molar-refractivity contribution in [1.82, 2.24) is 5.32 Å². The third-order valence-electron chi connectivity index (χ3n) is 5.30. The SMILES string of the molecule is Cl.Nc1ccc2c(c1)CCCC2NC(=O)C1(c2ccccc2)CC1. The summed E-state index contributed by atoms with van der Waals surface area (Å²) < 4.78 is 0. The highest BCUT2D eigenvalue weighted by Crippen LogP contribution is 2.49. The van der Waals surface area contributed by atoms with Gasteiger partial charge in [0, 0.05) is 5.69 Å². The molecule has 2 aliphatic carbocycles. The molecule has 1 atom stereocenters. The summed E-state index contributed by atoms with van der Waals surface area (Å²) >= 11 is 0. The minimum Gasteiger partial charge on any atom is -0.399 e. The number of benzene rings is 2. The second-order valence-corrected chi connectivity index (χ2v) is 6.82. The Hall–Kier alpha value is -2.00. The molecule has 3 nitrogen and oxygen atoms in total. The van der Waals surface area contributed by atoms with E-state index in [1.54, 1.807) is 0 Å². The van der Waals surface area contributed by atoms with Crippen LogP contribution in [0.15, 0.2) is 48.5 Å². The number of aryl methyl sites for hydroxylation is 1. The van der Waals surface area contributed by atoms with Crippen LogP contribution in [0.1, 0.15) is 48.4 Å². The molecule has 2 aliphatic rings. The summed E-state index contributed by atoms with van der Waals surface area (Å²) in [6.45, 7) is 0. The average Bonchev–Trinajstić information content (AvgIpc) is 3.37. The van der Waals surface area contributed by atoms with Gasteiger partial charge in [0.05, 0.1) is 11.5 Å². The number of carbonyl (C=O) groups excluding carboxylic acids is 1. The first-order valence-electron chi connectivity index (χ1n) is 8.44. The Morgan fingerprint density at radius 3 is 2.58 bits per heavy atom. The van der Waals surface area contributed by atoms with Crippen molar-refractivity contribution in [2.45, 2.75) is 43.6 Å². The van der Waals surface area contributed by atoms with Gasteiger partial charge in [0.15, 0.2) is 0 Å². The summed E-state index contributed by atoms with van der Waals surface area (Å²) in [7, 11) is 0. The van der Waals surface area contributed by atoms with Crippen LogP contribution >= 0.6 is 12.4 Å². The van der Waals surface area contributed by atoms with Crippen molar-refractivity contribution in [3.63, 3.8) is 0 Å². The third kappa shape index (κ3) is 2.89. The Morgan fingerprint density at radius 1 is 1.12 bits per heavy atom. The first-order valence-corrected chi connectivity index (χ1v) is 8.44. The Labute approximate surface area is 149 Å². The molecule has 2 aromatic carbocycles. The molecule has 0 saturated heterocycles. The number of fused-ring (bicyclic) bond motifs is 1. The van der Waals surface area contributed by atoms with Crippen LogP contribution in [0, 0.1) is 0 Å². The van der Waals surface area contributed by atoms with E-state index in [1.165, 1.54) is 11.1 Å². The monoisotopic (exact) mass is 342 g/mol. The van der Waals surface area contributed by atoms with Crippen molar-refractivity contribution in [2.75, 3.05) is 5.73 Å². The fraction of sp³-hybridized carbons (Fsp3) is 0.350. The predicted octanol–water partition coefficient (Wildman–Crippen LogP) is 3.92. The zero-order valence-corrected chi connectivity index (χ0v) is 14.4. The first kappa shape index (κ1) is 16.8. The van der Waals surface area contributed by atoms with Gasteiger partial charge in [-0.1, -0.05) is 36.4 Å². The van der Waals surface area contributed by atoms with Crippen molar-refractivity contribution in [1.29, 1.82) is 0 Å². The quantitative estimate of drug-likeness (QED) is 0.831. The number of anilines is 1. The van der Waals surface area contributed by atoms with Crippen molar-refractivity contribution >= 4 is 24.0 Å². The Balaban J connectivity index is 0.00000169. The van der Waals surface area contributed by atoms with Gasteiger partial charge in [-0.05, 0) is 60.9 Å². The summed E-state index contributed by atoms with van der Waals surface area (Å²) in [5, 5.41) is 3.32. The number of carbonyl (C=O) groups is 1. The molecule has 0 radical (unpaired) electrons. The van der Waals surface area contributed by atoms with Crippen molar-refractivity contribution < 1.29 is 4.79 Å². The smallest absolute Gasteiger partial charge is 0.231 e. The number of nitrogens with two attached hydrogens (primary N) is 1. The Bertz CT molecular complexity index is 741. The molecule has 4 rings (SSSR count). The minimum atomic E-state index is -0.299. The standard InChI is InChI=1S/C20H22N2O.ClH/c21-16-9-10-17-14(13-16)5-4-8-18(17)22-19(23)20(11-12-20)15-6-2-1-3-7-15;/h1-3,6-7,9-10,13,18H,4-5,8,11-12,21H2,(H,22,23);1H. The fourth-order valence-electron chi connectivity index (χ4n) is 3.81. The van der Waals surface area contributed by atoms with Gasteiger partial charge >= 0.3 is 0 Å². The van der Waals surface area contributed by atoms with E-state index in [1.807, 2.05) is 24.3 Å². The molecule has 1 unspecified atom stereocenters. The average molecular weight is 343 g/mol. The highest BCUT2D eigenvalue weighted by molar-refractivity contribution is 5.91. The summed E-state index contributed by atoms with van der Waals surface area (Å²) in [6, 6.07) is 16.4. The van der Waals surface area contributed by atoms with E-state index in [-0.39, 0.29) is 29.8 Å². The second kappa shape index (κ2) is 6.48. The number of amides is 1. The molecule has 1 saturated carbocycles. The van der Waals surface area contributed by atoms with E-state index >= 15 is 0 Å². The minimum absolute atomic E-state index is 0. The van der Waals surface area contributed by atoms with Gasteiger partial charge < -0.3 is 11.1 Å². The van der Waals surface area contributed by atoms with E-state index in [4.69, 9.17) is 5.73 Å². The molecule has 2 aromatic rings. The molecule has 126 valence electrons. The van der Waals surface area contributed by atoms with E-state index in [9.17, 15) is 4.79 Å². The largest absolute Gasteiger partial charge is 0.399 e. The number of rotatable bonds is 3. The lowest BCUT2D eigenvalue weighted by molar-refractivity contribution is -0.124. The maximum atomic E-state index is 12.9. The summed E-state index contributed by atoms with van der Waals surface area (Å²) in [6.07, 6.45) is 5.05. The molecule has 1 fully saturated rings. The lowest BCUT2D eigenvalue weighted by atomic mass is 9.86. The van der Waals surface area contributed by atoms with Crippen molar-refractivity contribution in [2.24, 2.45) is 0 Å². The number of hydrogen-bond acceptors (Lipinski definition) is 2. The third-order valence-corrected chi connectivity index (χ3v) is 5.30. The van der Waals surface area contributed by atoms with E-state index in [0.717, 1.165) is 43.4 Å². The van der Waals surface area contributed by atoms with Gasteiger partial charge in [0.1, 0.15) is 0 Å². The maximum Gasteiger partial charge on any atom is 0.231 e. The molecule has 0 spiro atoms. The van der Waals surface area contributed by atoms with Crippen molar-refractivity contribution in [3.8, 4) is 0 Å². The van der Waals surface area contributed by atoms with Gasteiger partial charge in [-0.3, -0.25) is 4.79 Å². The molecule has 0 aromatic heterocycles. The number of halogens is 1. The molecule has 1 amide bonds. The summed E-state index contributed by atoms with van der Waals surface area (Å²) in [5.41, 5.74) is 10.1. The van der Waals surface area contributed by atoms with Crippen LogP contribution in [0.2, 0.25) is 0 Å². The zero-order chi connectivity index (χ0) is 15.9.